The Hall–Kier alpha value is -0.450. The number of aliphatic hydroxyl groups is 1. The van der Waals surface area contributed by atoms with Crippen LogP contribution in [-0.2, 0) is 6.54 Å². The molecule has 2 saturated carbocycles. The standard InChI is InChI=1S/C12H18N2OS/c15-8-12(3-4-12)7-13-5-10-6-14-11(16-10)9-1-2-9/h6,9,13,15H,1-5,7-8H2. The van der Waals surface area contributed by atoms with E-state index >= 15 is 0 Å². The van der Waals surface area contributed by atoms with E-state index in [1.54, 1.807) is 0 Å². The maximum Gasteiger partial charge on any atom is 0.0959 e. The molecule has 16 heavy (non-hydrogen) atoms. The summed E-state index contributed by atoms with van der Waals surface area (Å²) in [7, 11) is 0. The lowest BCUT2D eigenvalue weighted by molar-refractivity contribution is 0.207. The van der Waals surface area contributed by atoms with E-state index in [1.807, 2.05) is 17.5 Å². The minimum Gasteiger partial charge on any atom is -0.396 e. The second-order valence-electron chi connectivity index (χ2n) is 5.20. The van der Waals surface area contributed by atoms with Crippen LogP contribution in [0.2, 0.25) is 0 Å². The third kappa shape index (κ3) is 2.29. The van der Waals surface area contributed by atoms with E-state index in [-0.39, 0.29) is 5.41 Å². The molecule has 4 heteroatoms. The van der Waals surface area contributed by atoms with Crippen molar-refractivity contribution in [2.75, 3.05) is 13.2 Å². The Bertz CT molecular complexity index is 369. The van der Waals surface area contributed by atoms with Crippen LogP contribution in [0, 0.1) is 5.41 Å². The number of hydrogen-bond donors (Lipinski definition) is 2. The Labute approximate surface area is 99.9 Å². The number of nitrogens with one attached hydrogen (secondary N) is 1. The molecule has 2 aliphatic carbocycles. The van der Waals surface area contributed by atoms with Gasteiger partial charge in [0.2, 0.25) is 0 Å². The van der Waals surface area contributed by atoms with Crippen LogP contribution in [-0.4, -0.2) is 23.2 Å². The first kappa shape index (κ1) is 10.7. The molecular formula is C12H18N2OS. The summed E-state index contributed by atoms with van der Waals surface area (Å²) < 4.78 is 0. The van der Waals surface area contributed by atoms with Crippen LogP contribution in [0.3, 0.4) is 0 Å². The number of hydrogen-bond acceptors (Lipinski definition) is 4. The summed E-state index contributed by atoms with van der Waals surface area (Å²) in [4.78, 5) is 5.79. The molecule has 1 aromatic rings. The summed E-state index contributed by atoms with van der Waals surface area (Å²) >= 11 is 1.85. The third-order valence-electron chi connectivity index (χ3n) is 3.59. The van der Waals surface area contributed by atoms with Crippen molar-refractivity contribution in [1.29, 1.82) is 0 Å². The molecule has 0 aliphatic heterocycles. The van der Waals surface area contributed by atoms with Crippen LogP contribution in [0.1, 0.15) is 41.5 Å². The SMILES string of the molecule is OCC1(CNCc2cnc(C3CC3)s2)CC1. The van der Waals surface area contributed by atoms with Gasteiger partial charge in [0.05, 0.1) is 5.01 Å². The number of aromatic nitrogens is 1. The van der Waals surface area contributed by atoms with E-state index < -0.39 is 0 Å². The van der Waals surface area contributed by atoms with Crippen molar-refractivity contribution in [3.8, 4) is 0 Å². The summed E-state index contributed by atoms with van der Waals surface area (Å²) in [6, 6.07) is 0. The Morgan fingerprint density at radius 3 is 2.94 bits per heavy atom. The highest BCUT2D eigenvalue weighted by molar-refractivity contribution is 7.11. The fourth-order valence-corrected chi connectivity index (χ4v) is 3.00. The average molecular weight is 238 g/mol. The largest absolute Gasteiger partial charge is 0.396 e. The van der Waals surface area contributed by atoms with Crippen molar-refractivity contribution < 1.29 is 5.11 Å². The van der Waals surface area contributed by atoms with Gasteiger partial charge in [-0.15, -0.1) is 11.3 Å². The second kappa shape index (κ2) is 4.09. The van der Waals surface area contributed by atoms with Crippen LogP contribution in [0.4, 0.5) is 0 Å². The van der Waals surface area contributed by atoms with Gasteiger partial charge in [-0.2, -0.15) is 0 Å². The molecule has 88 valence electrons. The Morgan fingerprint density at radius 2 is 2.31 bits per heavy atom. The predicted molar refractivity (Wildman–Crippen MR) is 64.5 cm³/mol. The molecular weight excluding hydrogens is 220 g/mol. The lowest BCUT2D eigenvalue weighted by Crippen LogP contribution is -2.25. The third-order valence-corrected chi connectivity index (χ3v) is 4.75. The lowest BCUT2D eigenvalue weighted by Gasteiger charge is -2.11. The highest BCUT2D eigenvalue weighted by Crippen LogP contribution is 2.44. The van der Waals surface area contributed by atoms with Crippen molar-refractivity contribution in [2.45, 2.75) is 38.1 Å². The minimum absolute atomic E-state index is 0.212. The molecule has 0 atom stereocenters. The van der Waals surface area contributed by atoms with Crippen LogP contribution in [0.15, 0.2) is 6.20 Å². The van der Waals surface area contributed by atoms with Crippen molar-refractivity contribution in [3.05, 3.63) is 16.1 Å². The molecule has 0 unspecified atom stereocenters. The summed E-state index contributed by atoms with van der Waals surface area (Å²) in [5.74, 6) is 0.769. The first-order valence-corrected chi connectivity index (χ1v) is 6.89. The van der Waals surface area contributed by atoms with Crippen LogP contribution >= 0.6 is 11.3 Å². The van der Waals surface area contributed by atoms with Crippen molar-refractivity contribution in [1.82, 2.24) is 10.3 Å². The number of nitrogens with zero attached hydrogens (tertiary/aromatic N) is 1. The van der Waals surface area contributed by atoms with E-state index in [1.165, 1.54) is 35.6 Å². The molecule has 2 aliphatic rings. The minimum atomic E-state index is 0.212. The molecule has 0 spiro atoms. The Morgan fingerprint density at radius 1 is 1.50 bits per heavy atom. The van der Waals surface area contributed by atoms with Crippen LogP contribution in [0.25, 0.3) is 0 Å². The highest BCUT2D eigenvalue weighted by Gasteiger charge is 2.41. The van der Waals surface area contributed by atoms with Crippen molar-refractivity contribution in [2.24, 2.45) is 5.41 Å². The van der Waals surface area contributed by atoms with Gasteiger partial charge < -0.3 is 10.4 Å². The van der Waals surface area contributed by atoms with Gasteiger partial charge in [-0.3, -0.25) is 0 Å². The number of thiazole rings is 1. The molecule has 3 nitrogen and oxygen atoms in total. The average Bonchev–Trinajstić information content (AvgIpc) is 3.21. The lowest BCUT2D eigenvalue weighted by atomic mass is 10.1. The van der Waals surface area contributed by atoms with E-state index in [0.717, 1.165) is 19.0 Å². The van der Waals surface area contributed by atoms with Gasteiger partial charge in [-0.05, 0) is 25.7 Å². The molecule has 2 N–H and O–H groups in total. The zero-order valence-corrected chi connectivity index (χ0v) is 10.2. The van der Waals surface area contributed by atoms with Gasteiger partial charge in [0.25, 0.3) is 0 Å². The maximum atomic E-state index is 9.19. The van der Waals surface area contributed by atoms with Crippen molar-refractivity contribution in [3.63, 3.8) is 0 Å². The normalized spacial score (nSPS) is 22.3. The van der Waals surface area contributed by atoms with Gasteiger partial charge in [-0.1, -0.05) is 0 Å². The predicted octanol–water partition coefficient (Wildman–Crippen LogP) is 1.88. The molecule has 1 heterocycles. The molecule has 0 amide bonds. The smallest absolute Gasteiger partial charge is 0.0959 e. The Balaban J connectivity index is 1.46. The summed E-state index contributed by atoms with van der Waals surface area (Å²) in [6.45, 7) is 2.18. The first-order chi connectivity index (χ1) is 7.81. The van der Waals surface area contributed by atoms with Gasteiger partial charge in [0.1, 0.15) is 0 Å². The fraction of sp³-hybridized carbons (Fsp3) is 0.750. The van der Waals surface area contributed by atoms with E-state index in [4.69, 9.17) is 0 Å². The number of rotatable bonds is 6. The maximum absolute atomic E-state index is 9.19. The fourth-order valence-electron chi connectivity index (χ4n) is 1.94. The van der Waals surface area contributed by atoms with Crippen LogP contribution < -0.4 is 5.32 Å². The monoisotopic (exact) mass is 238 g/mol. The first-order valence-electron chi connectivity index (χ1n) is 6.08. The van der Waals surface area contributed by atoms with Crippen molar-refractivity contribution >= 4 is 11.3 Å². The molecule has 0 bridgehead atoms. The molecule has 0 saturated heterocycles. The number of aliphatic hydroxyl groups excluding tert-OH is 1. The zero-order valence-electron chi connectivity index (χ0n) is 9.41. The quantitative estimate of drug-likeness (QED) is 0.795. The van der Waals surface area contributed by atoms with E-state index in [9.17, 15) is 5.11 Å². The van der Waals surface area contributed by atoms with Gasteiger partial charge in [-0.25, -0.2) is 4.98 Å². The van der Waals surface area contributed by atoms with Gasteiger partial charge in [0, 0.05) is 42.1 Å². The molecule has 3 rings (SSSR count). The summed E-state index contributed by atoms with van der Waals surface area (Å²) in [5, 5.41) is 13.9. The second-order valence-corrected chi connectivity index (χ2v) is 6.35. The molecule has 0 radical (unpaired) electrons. The highest BCUT2D eigenvalue weighted by atomic mass is 32.1. The van der Waals surface area contributed by atoms with Gasteiger partial charge in [0.15, 0.2) is 0 Å². The summed E-state index contributed by atoms with van der Waals surface area (Å²) in [6.07, 6.45) is 7.00. The molecule has 1 aromatic heterocycles. The van der Waals surface area contributed by atoms with E-state index in [0.29, 0.717) is 6.61 Å². The molecule has 0 aromatic carbocycles. The molecule has 2 fully saturated rings. The van der Waals surface area contributed by atoms with Crippen LogP contribution in [0.5, 0.6) is 0 Å². The zero-order chi connectivity index (χ0) is 11.0. The summed E-state index contributed by atoms with van der Waals surface area (Å²) in [5.41, 5.74) is 0.212. The van der Waals surface area contributed by atoms with Gasteiger partial charge >= 0.3 is 0 Å². The Kier molecular flexibility index (Phi) is 2.73. The van der Waals surface area contributed by atoms with E-state index in [2.05, 4.69) is 10.3 Å². The topological polar surface area (TPSA) is 45.1 Å².